The number of carbonyl (C=O) groups is 1. The van der Waals surface area contributed by atoms with E-state index in [4.69, 9.17) is 14.2 Å². The smallest absolute Gasteiger partial charge is 0.325 e. The quantitative estimate of drug-likeness (QED) is 0.466. The molecule has 0 bridgehead atoms. The average Bonchev–Trinajstić information content (AvgIpc) is 2.35. The number of rotatable bonds is 11. The molecule has 120 valence electrons. The first kappa shape index (κ1) is 19.4. The maximum absolute atomic E-state index is 11.8. The first-order valence-electron chi connectivity index (χ1n) is 7.33. The van der Waals surface area contributed by atoms with Gasteiger partial charge < -0.3 is 14.2 Å². The molecule has 0 saturated carbocycles. The fraction of sp³-hybridized carbons (Fsp3) is 0.933. The van der Waals surface area contributed by atoms with Crippen molar-refractivity contribution >= 4 is 5.97 Å². The Morgan fingerprint density at radius 1 is 1.10 bits per heavy atom. The molecule has 5 heteroatoms. The van der Waals surface area contributed by atoms with E-state index in [1.807, 2.05) is 20.8 Å². The van der Waals surface area contributed by atoms with Gasteiger partial charge in [-0.1, -0.05) is 13.8 Å². The van der Waals surface area contributed by atoms with Crippen LogP contribution in [0.5, 0.6) is 0 Å². The monoisotopic (exact) mass is 289 g/mol. The summed E-state index contributed by atoms with van der Waals surface area (Å²) in [4.78, 5) is 11.8. The van der Waals surface area contributed by atoms with E-state index in [0.29, 0.717) is 32.2 Å². The van der Waals surface area contributed by atoms with Crippen LogP contribution < -0.4 is 5.32 Å². The largest absolute Gasteiger partial charge is 0.468 e. The molecule has 0 aromatic carbocycles. The van der Waals surface area contributed by atoms with Crippen LogP contribution in [0, 0.1) is 5.92 Å². The average molecular weight is 289 g/mol. The minimum atomic E-state index is -0.707. The van der Waals surface area contributed by atoms with Crippen molar-refractivity contribution in [3.63, 3.8) is 0 Å². The number of nitrogens with one attached hydrogen (secondary N) is 1. The Bertz CT molecular complexity index is 269. The van der Waals surface area contributed by atoms with Gasteiger partial charge in [-0.3, -0.25) is 10.1 Å². The molecule has 0 aromatic rings. The van der Waals surface area contributed by atoms with Gasteiger partial charge in [0, 0.05) is 19.3 Å². The predicted molar refractivity (Wildman–Crippen MR) is 79.8 cm³/mol. The second-order valence-corrected chi connectivity index (χ2v) is 5.95. The molecule has 0 aliphatic heterocycles. The number of methoxy groups -OCH3 is 1. The van der Waals surface area contributed by atoms with Crippen LogP contribution in [-0.2, 0) is 19.0 Å². The van der Waals surface area contributed by atoms with Gasteiger partial charge in [0.05, 0.1) is 20.3 Å². The zero-order valence-corrected chi connectivity index (χ0v) is 13.8. The first-order chi connectivity index (χ1) is 9.31. The van der Waals surface area contributed by atoms with Crippen molar-refractivity contribution in [3.05, 3.63) is 0 Å². The molecule has 0 spiro atoms. The van der Waals surface area contributed by atoms with Crippen molar-refractivity contribution in [3.8, 4) is 0 Å². The molecule has 5 nitrogen and oxygen atoms in total. The topological polar surface area (TPSA) is 56.8 Å². The van der Waals surface area contributed by atoms with Crippen molar-refractivity contribution in [1.29, 1.82) is 0 Å². The molecule has 0 saturated heterocycles. The van der Waals surface area contributed by atoms with Crippen LogP contribution in [0.3, 0.4) is 0 Å². The lowest BCUT2D eigenvalue weighted by atomic mass is 9.97. The van der Waals surface area contributed by atoms with Crippen LogP contribution in [0.15, 0.2) is 0 Å². The molecule has 0 fully saturated rings. The maximum Gasteiger partial charge on any atom is 0.325 e. The summed E-state index contributed by atoms with van der Waals surface area (Å²) >= 11 is 0. The van der Waals surface area contributed by atoms with E-state index < -0.39 is 5.54 Å². The van der Waals surface area contributed by atoms with Crippen LogP contribution in [0.2, 0.25) is 0 Å². The van der Waals surface area contributed by atoms with Gasteiger partial charge in [-0.25, -0.2) is 0 Å². The summed E-state index contributed by atoms with van der Waals surface area (Å²) in [5, 5.41) is 3.24. The Morgan fingerprint density at radius 2 is 1.70 bits per heavy atom. The van der Waals surface area contributed by atoms with E-state index in [0.717, 1.165) is 6.61 Å². The zero-order valence-electron chi connectivity index (χ0n) is 13.8. The Kier molecular flexibility index (Phi) is 9.80. The molecule has 20 heavy (non-hydrogen) atoms. The number of carbonyl (C=O) groups excluding carboxylic acids is 1. The minimum absolute atomic E-state index is 0.202. The summed E-state index contributed by atoms with van der Waals surface area (Å²) in [5.41, 5.74) is -0.707. The lowest BCUT2D eigenvalue weighted by Gasteiger charge is -2.30. The molecule has 0 radical (unpaired) electrons. The predicted octanol–water partition coefficient (Wildman–Crippen LogP) is 2.00. The Morgan fingerprint density at radius 3 is 2.20 bits per heavy atom. The maximum atomic E-state index is 11.8. The van der Waals surface area contributed by atoms with Crippen LogP contribution in [-0.4, -0.2) is 51.1 Å². The van der Waals surface area contributed by atoms with Crippen LogP contribution in [0.25, 0.3) is 0 Å². The van der Waals surface area contributed by atoms with Crippen molar-refractivity contribution in [2.75, 3.05) is 33.5 Å². The van der Waals surface area contributed by atoms with Crippen molar-refractivity contribution in [1.82, 2.24) is 5.32 Å². The van der Waals surface area contributed by atoms with Gasteiger partial charge in [0.25, 0.3) is 0 Å². The molecule has 0 heterocycles. The molecule has 1 N–H and O–H groups in total. The van der Waals surface area contributed by atoms with E-state index in [2.05, 4.69) is 19.2 Å². The Hall–Kier alpha value is -0.650. The molecule has 0 aromatic heterocycles. The summed E-state index contributed by atoms with van der Waals surface area (Å²) in [5.74, 6) is 0.277. The molecular weight excluding hydrogens is 258 g/mol. The van der Waals surface area contributed by atoms with E-state index in [1.165, 1.54) is 7.11 Å². The van der Waals surface area contributed by atoms with E-state index in [9.17, 15) is 4.79 Å². The van der Waals surface area contributed by atoms with Crippen molar-refractivity contribution in [2.24, 2.45) is 5.92 Å². The molecule has 0 rings (SSSR count). The summed E-state index contributed by atoms with van der Waals surface area (Å²) < 4.78 is 15.8. The van der Waals surface area contributed by atoms with E-state index in [1.54, 1.807) is 0 Å². The summed E-state index contributed by atoms with van der Waals surface area (Å²) in [6.45, 7) is 12.5. The van der Waals surface area contributed by atoms with Gasteiger partial charge >= 0.3 is 5.97 Å². The summed E-state index contributed by atoms with van der Waals surface area (Å²) in [6.07, 6.45) is 0.571. The number of hydrogen-bond acceptors (Lipinski definition) is 5. The Labute approximate surface area is 123 Å². The SMILES string of the molecule is COC(=O)C(C)(CCOCCOCC(C)C)NC(C)C. The standard InChI is InChI=1S/C15H31NO4/c1-12(2)11-20-10-9-19-8-7-15(5,14(17)18-6)16-13(3)4/h12-13,16H,7-11H2,1-6H3. The third-order valence-electron chi connectivity index (χ3n) is 2.81. The first-order valence-corrected chi connectivity index (χ1v) is 7.33. The van der Waals surface area contributed by atoms with Gasteiger partial charge in [0.2, 0.25) is 0 Å². The van der Waals surface area contributed by atoms with E-state index >= 15 is 0 Å². The summed E-state index contributed by atoms with van der Waals surface area (Å²) in [6, 6.07) is 0.202. The molecule has 0 aliphatic rings. The van der Waals surface area contributed by atoms with Gasteiger partial charge in [0.1, 0.15) is 5.54 Å². The van der Waals surface area contributed by atoms with Gasteiger partial charge in [-0.2, -0.15) is 0 Å². The lowest BCUT2D eigenvalue weighted by Crippen LogP contribution is -2.53. The zero-order chi connectivity index (χ0) is 15.6. The highest BCUT2D eigenvalue weighted by atomic mass is 16.5. The van der Waals surface area contributed by atoms with Gasteiger partial charge in [0.15, 0.2) is 0 Å². The van der Waals surface area contributed by atoms with Crippen molar-refractivity contribution in [2.45, 2.75) is 52.6 Å². The van der Waals surface area contributed by atoms with Gasteiger partial charge in [-0.15, -0.1) is 0 Å². The third kappa shape index (κ3) is 8.51. The Balaban J connectivity index is 3.94. The van der Waals surface area contributed by atoms with E-state index in [-0.39, 0.29) is 12.0 Å². The van der Waals surface area contributed by atoms with Crippen LogP contribution in [0.4, 0.5) is 0 Å². The highest BCUT2D eigenvalue weighted by molar-refractivity contribution is 5.80. The van der Waals surface area contributed by atoms with Crippen LogP contribution in [0.1, 0.15) is 41.0 Å². The fourth-order valence-electron chi connectivity index (χ4n) is 1.91. The molecule has 1 unspecified atom stereocenters. The number of esters is 1. The highest BCUT2D eigenvalue weighted by Crippen LogP contribution is 2.13. The third-order valence-corrected chi connectivity index (χ3v) is 2.81. The molecular formula is C15H31NO4. The minimum Gasteiger partial charge on any atom is -0.468 e. The van der Waals surface area contributed by atoms with Gasteiger partial charge in [-0.05, 0) is 33.1 Å². The fourth-order valence-corrected chi connectivity index (χ4v) is 1.91. The second-order valence-electron chi connectivity index (χ2n) is 5.95. The molecule has 0 amide bonds. The lowest BCUT2D eigenvalue weighted by molar-refractivity contribution is -0.149. The second kappa shape index (κ2) is 10.1. The molecule has 0 aliphatic carbocycles. The number of ether oxygens (including phenoxy) is 3. The normalized spacial score (nSPS) is 14.6. The van der Waals surface area contributed by atoms with Crippen molar-refractivity contribution < 1.29 is 19.0 Å². The van der Waals surface area contributed by atoms with Crippen LogP contribution >= 0.6 is 0 Å². The highest BCUT2D eigenvalue weighted by Gasteiger charge is 2.34. The molecule has 1 atom stereocenters. The summed E-state index contributed by atoms with van der Waals surface area (Å²) in [7, 11) is 1.41. The number of hydrogen-bond donors (Lipinski definition) is 1.